The molecule has 0 N–H and O–H groups in total. The van der Waals surface area contributed by atoms with Crippen LogP contribution in [0.15, 0.2) is 85.5 Å². The van der Waals surface area contributed by atoms with Crippen molar-refractivity contribution >= 4 is 34.0 Å². The summed E-state index contributed by atoms with van der Waals surface area (Å²) < 4.78 is 4.78. The van der Waals surface area contributed by atoms with Crippen LogP contribution >= 0.6 is 0 Å². The van der Waals surface area contributed by atoms with Crippen molar-refractivity contribution in [3.63, 3.8) is 0 Å². The summed E-state index contributed by atoms with van der Waals surface area (Å²) in [6.45, 7) is 2.03. The molecule has 0 aliphatic carbocycles. The van der Waals surface area contributed by atoms with Crippen molar-refractivity contribution in [1.82, 2.24) is 9.80 Å². The molecule has 4 heteroatoms. The molecule has 0 atom stereocenters. The first-order valence-electron chi connectivity index (χ1n) is 12.0. The first-order valence-corrected chi connectivity index (χ1v) is 12.0. The quantitative estimate of drug-likeness (QED) is 0.259. The van der Waals surface area contributed by atoms with E-state index in [2.05, 4.69) is 145 Å². The molecule has 2 aromatic carbocycles. The number of hydrogen-bond acceptors (Lipinski definition) is 2. The molecule has 174 valence electrons. The molecular weight excluding hydrogens is 416 g/mol. The molecule has 2 heterocycles. The molecule has 0 radical (unpaired) electrons. The minimum atomic E-state index is 1.01. The Morgan fingerprint density at radius 2 is 1.00 bits per heavy atom. The number of para-hydroxylation sites is 2. The van der Waals surface area contributed by atoms with Gasteiger partial charge in [0.2, 0.25) is 11.0 Å². The average molecular weight is 453 g/mol. The van der Waals surface area contributed by atoms with E-state index in [1.165, 1.54) is 32.9 Å². The van der Waals surface area contributed by atoms with Crippen LogP contribution in [0.4, 0.5) is 0 Å². The van der Waals surface area contributed by atoms with E-state index in [-0.39, 0.29) is 0 Å². The van der Waals surface area contributed by atoms with Crippen LogP contribution in [0.2, 0.25) is 0 Å². The number of unbranched alkanes of at least 4 members (excludes halogenated alkanes) is 1. The maximum atomic E-state index is 2.39. The lowest BCUT2D eigenvalue weighted by Gasteiger charge is -2.07. The van der Waals surface area contributed by atoms with Crippen LogP contribution in [0.5, 0.6) is 0 Å². The normalized spacial score (nSPS) is 11.8. The van der Waals surface area contributed by atoms with E-state index in [1.54, 1.807) is 0 Å². The summed E-state index contributed by atoms with van der Waals surface area (Å²) in [4.78, 5) is 4.14. The minimum Gasteiger partial charge on any atom is -0.383 e. The Morgan fingerprint density at radius 1 is 0.588 bits per heavy atom. The fraction of sp³-hybridized carbons (Fsp3) is 0.267. The van der Waals surface area contributed by atoms with Gasteiger partial charge < -0.3 is 9.80 Å². The van der Waals surface area contributed by atoms with Gasteiger partial charge in [-0.3, -0.25) is 0 Å². The van der Waals surface area contributed by atoms with E-state index < -0.39 is 0 Å². The van der Waals surface area contributed by atoms with Crippen LogP contribution in [0.25, 0.3) is 34.0 Å². The van der Waals surface area contributed by atoms with Gasteiger partial charge in [0, 0.05) is 65.3 Å². The lowest BCUT2D eigenvalue weighted by atomic mass is 10.1. The largest absolute Gasteiger partial charge is 0.383 e. The molecule has 4 rings (SSSR count). The first kappa shape index (κ1) is 23.5. The van der Waals surface area contributed by atoms with E-state index in [4.69, 9.17) is 0 Å². The van der Waals surface area contributed by atoms with Gasteiger partial charge in [0.05, 0.1) is 10.8 Å². The fourth-order valence-corrected chi connectivity index (χ4v) is 4.32. The number of nitrogens with zero attached hydrogens (tertiary/aromatic N) is 4. The zero-order valence-corrected chi connectivity index (χ0v) is 20.9. The van der Waals surface area contributed by atoms with Crippen molar-refractivity contribution in [1.29, 1.82) is 0 Å². The van der Waals surface area contributed by atoms with Gasteiger partial charge in [0.15, 0.2) is 12.4 Å². The molecule has 0 fully saturated rings. The number of fused-ring (bicyclic) bond motifs is 2. The number of aromatic nitrogens is 2. The van der Waals surface area contributed by atoms with Crippen LogP contribution in [-0.4, -0.2) is 38.0 Å². The molecule has 2 aromatic heterocycles. The van der Waals surface area contributed by atoms with Crippen molar-refractivity contribution in [3.8, 4) is 0 Å². The third-order valence-electron chi connectivity index (χ3n) is 6.07. The molecule has 0 aliphatic heterocycles. The third-order valence-corrected chi connectivity index (χ3v) is 6.07. The van der Waals surface area contributed by atoms with Crippen molar-refractivity contribution in [2.24, 2.45) is 0 Å². The molecule has 4 aromatic rings. The average Bonchev–Trinajstić information content (AvgIpc) is 2.84. The van der Waals surface area contributed by atoms with Crippen LogP contribution in [-0.2, 0) is 13.1 Å². The van der Waals surface area contributed by atoms with Gasteiger partial charge in [-0.15, -0.1) is 0 Å². The molecule has 0 saturated heterocycles. The van der Waals surface area contributed by atoms with Crippen LogP contribution in [0, 0.1) is 0 Å². The highest BCUT2D eigenvalue weighted by molar-refractivity contribution is 5.86. The van der Waals surface area contributed by atoms with Gasteiger partial charge in [-0.1, -0.05) is 24.3 Å². The Morgan fingerprint density at radius 3 is 1.41 bits per heavy atom. The second kappa shape index (κ2) is 11.0. The number of aryl methyl sites for hydroxylation is 2. The van der Waals surface area contributed by atoms with Gasteiger partial charge in [-0.25, -0.2) is 0 Å². The molecule has 0 aliphatic rings. The zero-order valence-electron chi connectivity index (χ0n) is 20.9. The number of rotatable bonds is 9. The molecule has 0 saturated carbocycles. The fourth-order valence-electron chi connectivity index (χ4n) is 4.32. The van der Waals surface area contributed by atoms with E-state index in [9.17, 15) is 0 Å². The highest BCUT2D eigenvalue weighted by Crippen LogP contribution is 2.18. The Bertz CT molecular complexity index is 1210. The highest BCUT2D eigenvalue weighted by atomic mass is 15.0. The van der Waals surface area contributed by atoms with Crippen molar-refractivity contribution in [2.75, 3.05) is 28.2 Å². The standard InChI is InChI=1S/C30H36N4/c1-31(2)21-15-25-17-23-33(29-13-7-5-11-27(25)29)19-9-10-20-34-24-18-26(16-22-32(3)4)28-12-6-8-14-30(28)34/h5-8,11-18,21-24H,9-10,19-20H2,1-4H3/q+2. The molecule has 0 bridgehead atoms. The summed E-state index contributed by atoms with van der Waals surface area (Å²) in [5, 5.41) is 2.59. The van der Waals surface area contributed by atoms with Gasteiger partial charge in [0.1, 0.15) is 13.1 Å². The predicted octanol–water partition coefficient (Wildman–Crippen LogP) is 5.11. The maximum absolute atomic E-state index is 2.39. The second-order valence-electron chi connectivity index (χ2n) is 9.23. The lowest BCUT2D eigenvalue weighted by molar-refractivity contribution is -0.683. The Labute approximate surface area is 203 Å². The van der Waals surface area contributed by atoms with Gasteiger partial charge in [-0.05, 0) is 47.8 Å². The summed E-state index contributed by atoms with van der Waals surface area (Å²) >= 11 is 0. The van der Waals surface area contributed by atoms with Gasteiger partial charge >= 0.3 is 0 Å². The van der Waals surface area contributed by atoms with Crippen molar-refractivity contribution < 1.29 is 9.13 Å². The highest BCUT2D eigenvalue weighted by Gasteiger charge is 2.13. The summed E-state index contributed by atoms with van der Waals surface area (Å²) in [5.74, 6) is 0. The number of pyridine rings is 2. The van der Waals surface area contributed by atoms with E-state index in [0.29, 0.717) is 0 Å². The van der Waals surface area contributed by atoms with E-state index >= 15 is 0 Å². The third kappa shape index (κ3) is 5.63. The monoisotopic (exact) mass is 452 g/mol. The summed E-state index contributed by atoms with van der Waals surface area (Å²) in [6, 6.07) is 21.9. The SMILES string of the molecule is CN(C)C=Cc1cc[n+](CCCC[n+]2ccc(C=CN(C)C)c3ccccc32)c2ccccc12. The minimum absolute atomic E-state index is 1.01. The molecule has 0 unspecified atom stereocenters. The Kier molecular flexibility index (Phi) is 7.58. The first-order chi connectivity index (χ1) is 16.5. The number of hydrogen-bond donors (Lipinski definition) is 0. The second-order valence-corrected chi connectivity index (χ2v) is 9.23. The molecule has 34 heavy (non-hydrogen) atoms. The lowest BCUT2D eigenvalue weighted by Crippen LogP contribution is -2.37. The predicted molar refractivity (Wildman–Crippen MR) is 143 cm³/mol. The van der Waals surface area contributed by atoms with Crippen molar-refractivity contribution in [3.05, 3.63) is 96.6 Å². The van der Waals surface area contributed by atoms with Crippen molar-refractivity contribution in [2.45, 2.75) is 25.9 Å². The van der Waals surface area contributed by atoms with Gasteiger partial charge in [0.25, 0.3) is 0 Å². The zero-order chi connectivity index (χ0) is 23.9. The van der Waals surface area contributed by atoms with E-state index in [1.807, 2.05) is 0 Å². The Hall–Kier alpha value is -3.66. The summed E-state index contributed by atoms with van der Waals surface area (Å²) in [5.41, 5.74) is 5.09. The maximum Gasteiger partial charge on any atom is 0.213 e. The summed E-state index contributed by atoms with van der Waals surface area (Å²) in [6.07, 6.45) is 15.3. The van der Waals surface area contributed by atoms with Crippen LogP contribution in [0.3, 0.4) is 0 Å². The Balaban J connectivity index is 1.47. The molecular formula is C30H36N4+2. The van der Waals surface area contributed by atoms with Crippen LogP contribution < -0.4 is 9.13 Å². The summed E-state index contributed by atoms with van der Waals surface area (Å²) in [7, 11) is 8.21. The number of benzene rings is 2. The smallest absolute Gasteiger partial charge is 0.213 e. The molecule has 0 amide bonds. The van der Waals surface area contributed by atoms with Crippen LogP contribution in [0.1, 0.15) is 24.0 Å². The molecule has 0 spiro atoms. The van der Waals surface area contributed by atoms with Gasteiger partial charge in [-0.2, -0.15) is 9.13 Å². The molecule has 4 nitrogen and oxygen atoms in total. The van der Waals surface area contributed by atoms with E-state index in [0.717, 1.165) is 25.9 Å². The topological polar surface area (TPSA) is 14.2 Å².